The van der Waals surface area contributed by atoms with Crippen molar-refractivity contribution in [3.05, 3.63) is 42.2 Å². The highest BCUT2D eigenvalue weighted by atomic mass is 16.5. The number of carbonyl (C=O) groups excluding carboxylic acids is 1. The third-order valence-electron chi connectivity index (χ3n) is 2.29. The van der Waals surface area contributed by atoms with Gasteiger partial charge in [0.1, 0.15) is 0 Å². The fourth-order valence-corrected chi connectivity index (χ4v) is 1.53. The molecule has 0 amide bonds. The molecule has 1 aromatic carbocycles. The van der Waals surface area contributed by atoms with Gasteiger partial charge in [-0.1, -0.05) is 12.6 Å². The van der Waals surface area contributed by atoms with Crippen molar-refractivity contribution in [2.75, 3.05) is 7.11 Å². The summed E-state index contributed by atoms with van der Waals surface area (Å²) < 4.78 is 5.17. The Kier molecular flexibility index (Phi) is 3.00. The number of carbonyl (C=O) groups is 1. The second kappa shape index (κ2) is 4.61. The van der Waals surface area contributed by atoms with Crippen molar-refractivity contribution in [1.29, 1.82) is 0 Å². The fraction of sp³-hybridized carbons (Fsp3) is 0.0833. The van der Waals surface area contributed by atoms with Gasteiger partial charge in [0.15, 0.2) is 6.29 Å². The second-order valence-corrected chi connectivity index (χ2v) is 3.37. The summed E-state index contributed by atoms with van der Waals surface area (Å²) >= 11 is 0. The molecule has 2 rings (SSSR count). The van der Waals surface area contributed by atoms with Crippen molar-refractivity contribution in [3.63, 3.8) is 0 Å². The third-order valence-corrected chi connectivity index (χ3v) is 2.29. The van der Waals surface area contributed by atoms with Crippen LogP contribution < -0.4 is 0 Å². The largest absolute Gasteiger partial charge is 0.481 e. The van der Waals surface area contributed by atoms with E-state index in [1.54, 1.807) is 6.20 Å². The maximum Gasteiger partial charge on any atom is 0.221 e. The highest BCUT2D eigenvalue weighted by Crippen LogP contribution is 2.17. The van der Waals surface area contributed by atoms with Crippen molar-refractivity contribution in [2.45, 2.75) is 0 Å². The van der Waals surface area contributed by atoms with Crippen molar-refractivity contribution in [3.8, 4) is 0 Å². The fourth-order valence-electron chi connectivity index (χ4n) is 1.53. The van der Waals surface area contributed by atoms with Gasteiger partial charge in [-0.25, -0.2) is 4.99 Å². The number of aldehydes is 1. The van der Waals surface area contributed by atoms with Crippen LogP contribution in [-0.2, 0) is 9.53 Å². The molecule has 5 nitrogen and oxygen atoms in total. The van der Waals surface area contributed by atoms with Gasteiger partial charge < -0.3 is 4.74 Å². The molecule has 86 valence electrons. The van der Waals surface area contributed by atoms with E-state index in [9.17, 15) is 4.79 Å². The molecule has 0 aliphatic carbocycles. The minimum absolute atomic E-state index is 0.113. The number of hydrogen-bond acceptors (Lipinski definition) is 4. The van der Waals surface area contributed by atoms with Gasteiger partial charge in [-0.15, -0.1) is 0 Å². The molecular formula is C12H11N3O2. The molecule has 2 aromatic rings. The number of hydrogen-bond donors (Lipinski definition) is 1. The smallest absolute Gasteiger partial charge is 0.221 e. The lowest BCUT2D eigenvalue weighted by Crippen LogP contribution is -2.04. The first-order valence-corrected chi connectivity index (χ1v) is 4.95. The summed E-state index contributed by atoms with van der Waals surface area (Å²) in [5.74, 6) is 0.342. The van der Waals surface area contributed by atoms with Crippen LogP contribution in [0.2, 0.25) is 0 Å². The molecule has 0 bridgehead atoms. The number of aliphatic imine (C=N–C) groups is 1. The van der Waals surface area contributed by atoms with Crippen LogP contribution in [0.25, 0.3) is 10.9 Å². The van der Waals surface area contributed by atoms with Gasteiger partial charge in [0.25, 0.3) is 0 Å². The van der Waals surface area contributed by atoms with Gasteiger partial charge in [0, 0.05) is 10.9 Å². The van der Waals surface area contributed by atoms with Crippen molar-refractivity contribution in [2.24, 2.45) is 4.99 Å². The van der Waals surface area contributed by atoms with Gasteiger partial charge in [-0.05, 0) is 12.1 Å². The number of ether oxygens (including phenoxy) is 1. The number of H-pyrrole nitrogens is 1. The Bertz CT molecular complexity index is 599. The summed E-state index contributed by atoms with van der Waals surface area (Å²) in [6, 6.07) is 5.60. The standard InChI is InChI=1S/C12H11N3O2/c1-8(7-16)14-12(17-2)9-4-3-5-11-10(9)6-13-15-11/h3-7H,1H2,2H3,(H,13,15). The average molecular weight is 229 g/mol. The summed E-state index contributed by atoms with van der Waals surface area (Å²) in [5.41, 5.74) is 1.76. The van der Waals surface area contributed by atoms with E-state index >= 15 is 0 Å². The molecule has 0 aliphatic rings. The Morgan fingerprint density at radius 2 is 2.41 bits per heavy atom. The second-order valence-electron chi connectivity index (χ2n) is 3.37. The van der Waals surface area contributed by atoms with Gasteiger partial charge in [-0.3, -0.25) is 9.89 Å². The minimum atomic E-state index is 0.113. The number of aromatic amines is 1. The highest BCUT2D eigenvalue weighted by molar-refractivity contribution is 6.07. The summed E-state index contributed by atoms with van der Waals surface area (Å²) in [7, 11) is 1.50. The molecule has 17 heavy (non-hydrogen) atoms. The first kappa shape index (κ1) is 11.1. The lowest BCUT2D eigenvalue weighted by Gasteiger charge is -2.05. The lowest BCUT2D eigenvalue weighted by molar-refractivity contribution is -0.104. The van der Waals surface area contributed by atoms with Crippen molar-refractivity contribution in [1.82, 2.24) is 10.2 Å². The van der Waals surface area contributed by atoms with E-state index in [1.165, 1.54) is 7.11 Å². The van der Waals surface area contributed by atoms with Crippen LogP contribution in [-0.4, -0.2) is 29.5 Å². The molecule has 0 saturated heterocycles. The Morgan fingerprint density at radius 3 is 3.12 bits per heavy atom. The Labute approximate surface area is 97.8 Å². The molecule has 0 unspecified atom stereocenters. The van der Waals surface area contributed by atoms with Gasteiger partial charge >= 0.3 is 0 Å². The van der Waals surface area contributed by atoms with E-state index in [1.807, 2.05) is 18.2 Å². The van der Waals surface area contributed by atoms with Crippen LogP contribution in [0.5, 0.6) is 0 Å². The zero-order chi connectivity index (χ0) is 12.3. The quantitative estimate of drug-likeness (QED) is 0.377. The highest BCUT2D eigenvalue weighted by Gasteiger charge is 2.09. The van der Waals surface area contributed by atoms with E-state index in [4.69, 9.17) is 4.74 Å². The van der Waals surface area contributed by atoms with Crippen LogP contribution in [0.4, 0.5) is 0 Å². The lowest BCUT2D eigenvalue weighted by atomic mass is 10.1. The predicted octanol–water partition coefficient (Wildman–Crippen LogP) is 1.67. The summed E-state index contributed by atoms with van der Waals surface area (Å²) in [5, 5.41) is 7.69. The monoisotopic (exact) mass is 229 g/mol. The zero-order valence-corrected chi connectivity index (χ0v) is 9.30. The summed E-state index contributed by atoms with van der Waals surface area (Å²) in [4.78, 5) is 14.5. The van der Waals surface area contributed by atoms with Gasteiger partial charge in [-0.2, -0.15) is 5.10 Å². The molecule has 0 fully saturated rings. The first-order valence-electron chi connectivity index (χ1n) is 4.95. The molecule has 0 spiro atoms. The maximum atomic E-state index is 10.5. The molecular weight excluding hydrogens is 218 g/mol. The Balaban J connectivity index is 2.57. The number of fused-ring (bicyclic) bond motifs is 1. The Hall–Kier alpha value is -2.43. The topological polar surface area (TPSA) is 67.3 Å². The molecule has 1 N–H and O–H groups in total. The number of rotatable bonds is 3. The van der Waals surface area contributed by atoms with Crippen LogP contribution in [0.15, 0.2) is 41.7 Å². The molecule has 0 aliphatic heterocycles. The van der Waals surface area contributed by atoms with E-state index in [-0.39, 0.29) is 5.70 Å². The molecule has 0 saturated carbocycles. The first-order chi connectivity index (χ1) is 8.26. The van der Waals surface area contributed by atoms with Gasteiger partial charge in [0.2, 0.25) is 5.90 Å². The molecule has 0 radical (unpaired) electrons. The van der Waals surface area contributed by atoms with Crippen LogP contribution in [0.1, 0.15) is 5.56 Å². The van der Waals surface area contributed by atoms with Crippen LogP contribution in [0.3, 0.4) is 0 Å². The van der Waals surface area contributed by atoms with Crippen molar-refractivity contribution < 1.29 is 9.53 Å². The molecule has 0 atom stereocenters. The summed E-state index contributed by atoms with van der Waals surface area (Å²) in [6.45, 7) is 3.50. The average Bonchev–Trinajstić information content (AvgIpc) is 2.83. The molecule has 1 heterocycles. The predicted molar refractivity (Wildman–Crippen MR) is 64.8 cm³/mol. The SMILES string of the molecule is C=C(C=O)N=C(OC)c1cccc2[nH]ncc12. The number of aromatic nitrogens is 2. The number of benzene rings is 1. The normalized spacial score (nSPS) is 11.5. The molecule has 1 aromatic heterocycles. The third kappa shape index (κ3) is 2.08. The minimum Gasteiger partial charge on any atom is -0.481 e. The number of allylic oxidation sites excluding steroid dienone is 1. The maximum absolute atomic E-state index is 10.5. The number of methoxy groups -OCH3 is 1. The number of nitrogens with one attached hydrogen (secondary N) is 1. The number of nitrogens with zero attached hydrogens (tertiary/aromatic N) is 2. The van der Waals surface area contributed by atoms with Crippen molar-refractivity contribution >= 4 is 23.1 Å². The zero-order valence-electron chi connectivity index (χ0n) is 9.30. The van der Waals surface area contributed by atoms with Gasteiger partial charge in [0.05, 0.1) is 24.5 Å². The molecule has 5 heteroatoms. The van der Waals surface area contributed by atoms with Crippen LogP contribution in [0, 0.1) is 0 Å². The Morgan fingerprint density at radius 1 is 1.59 bits per heavy atom. The van der Waals surface area contributed by atoms with Crippen LogP contribution >= 0.6 is 0 Å². The van der Waals surface area contributed by atoms with E-state index in [0.717, 1.165) is 16.5 Å². The van der Waals surface area contributed by atoms with E-state index in [0.29, 0.717) is 12.2 Å². The summed E-state index contributed by atoms with van der Waals surface area (Å²) in [6.07, 6.45) is 2.26. The van der Waals surface area contributed by atoms with E-state index in [2.05, 4.69) is 21.8 Å². The van der Waals surface area contributed by atoms with E-state index < -0.39 is 0 Å².